The summed E-state index contributed by atoms with van der Waals surface area (Å²) >= 11 is 0. The number of carbonyl (C=O) groups is 1. The minimum Gasteiger partial charge on any atom is -0.342 e. The highest BCUT2D eigenvalue weighted by Gasteiger charge is 2.32. The van der Waals surface area contributed by atoms with Gasteiger partial charge in [-0.2, -0.15) is 0 Å². The van der Waals surface area contributed by atoms with Crippen LogP contribution in [0.3, 0.4) is 0 Å². The van der Waals surface area contributed by atoms with Gasteiger partial charge < -0.3 is 16.0 Å². The van der Waals surface area contributed by atoms with Crippen LogP contribution >= 0.6 is 0 Å². The summed E-state index contributed by atoms with van der Waals surface area (Å²) in [5.74, 6) is 0.936. The van der Waals surface area contributed by atoms with Crippen LogP contribution in [0.1, 0.15) is 44.3 Å². The van der Waals surface area contributed by atoms with Crippen molar-refractivity contribution in [3.8, 4) is 0 Å². The largest absolute Gasteiger partial charge is 0.342 e. The lowest BCUT2D eigenvalue weighted by molar-refractivity contribution is -0.118. The predicted octanol–water partition coefficient (Wildman–Crippen LogP) is 3.11. The first-order chi connectivity index (χ1) is 10.6. The van der Waals surface area contributed by atoms with Gasteiger partial charge in [0.05, 0.1) is 11.0 Å². The fourth-order valence-corrected chi connectivity index (χ4v) is 3.52. The number of carbonyl (C=O) groups excluding carboxylic acids is 1. The molecule has 0 atom stereocenters. The molecule has 1 amide bonds. The Bertz CT molecular complexity index is 670. The molecule has 0 spiro atoms. The second-order valence-corrected chi connectivity index (χ2v) is 6.54. The average Bonchev–Trinajstić information content (AvgIpc) is 2.87. The molecule has 0 radical (unpaired) electrons. The summed E-state index contributed by atoms with van der Waals surface area (Å²) in [6, 6.07) is 5.76. The van der Waals surface area contributed by atoms with E-state index in [1.807, 2.05) is 25.1 Å². The number of nitrogens with one attached hydrogen (secondary N) is 2. The van der Waals surface area contributed by atoms with Crippen LogP contribution in [-0.2, 0) is 4.79 Å². The van der Waals surface area contributed by atoms with E-state index in [0.29, 0.717) is 13.0 Å². The van der Waals surface area contributed by atoms with E-state index in [1.54, 1.807) is 0 Å². The van der Waals surface area contributed by atoms with E-state index >= 15 is 0 Å². The van der Waals surface area contributed by atoms with Crippen LogP contribution in [0, 0.1) is 12.3 Å². The maximum Gasteiger partial charge on any atom is 0.224 e. The van der Waals surface area contributed by atoms with Crippen LogP contribution in [0.4, 0.5) is 5.69 Å². The summed E-state index contributed by atoms with van der Waals surface area (Å²) in [5.41, 5.74) is 8.63. The Balaban J connectivity index is 1.69. The van der Waals surface area contributed by atoms with Crippen molar-refractivity contribution in [2.75, 3.05) is 11.9 Å². The zero-order valence-electron chi connectivity index (χ0n) is 13.1. The van der Waals surface area contributed by atoms with Gasteiger partial charge in [-0.05, 0) is 49.9 Å². The molecular weight excluding hydrogens is 276 g/mol. The standard InChI is InChI=1S/C17H24N4O/c1-12-19-14-6-5-13(9-15(14)20-12)21-16(22)10-17(11-18)7-3-2-4-8-17/h5-6,9H,2-4,7-8,10-11,18H2,1H3,(H,19,20)(H,21,22). The maximum atomic E-state index is 12.4. The molecule has 5 nitrogen and oxygen atoms in total. The molecule has 0 bridgehead atoms. The van der Waals surface area contributed by atoms with E-state index in [0.717, 1.165) is 35.4 Å². The zero-order valence-corrected chi connectivity index (χ0v) is 13.1. The number of aromatic amines is 1. The molecule has 0 saturated heterocycles. The summed E-state index contributed by atoms with van der Waals surface area (Å²) in [6.07, 6.45) is 6.28. The SMILES string of the molecule is Cc1nc2ccc(NC(=O)CC3(CN)CCCCC3)cc2[nH]1. The third kappa shape index (κ3) is 3.14. The van der Waals surface area contributed by atoms with E-state index in [-0.39, 0.29) is 11.3 Å². The fraction of sp³-hybridized carbons (Fsp3) is 0.529. The van der Waals surface area contributed by atoms with Crippen LogP contribution < -0.4 is 11.1 Å². The highest BCUT2D eigenvalue weighted by atomic mass is 16.1. The molecule has 2 aromatic rings. The van der Waals surface area contributed by atoms with E-state index in [2.05, 4.69) is 15.3 Å². The molecule has 118 valence electrons. The number of amides is 1. The lowest BCUT2D eigenvalue weighted by Gasteiger charge is -2.35. The average molecular weight is 300 g/mol. The molecule has 1 saturated carbocycles. The molecule has 3 rings (SSSR count). The molecule has 1 aliphatic rings. The van der Waals surface area contributed by atoms with Gasteiger partial charge in [0.2, 0.25) is 5.91 Å². The number of nitrogens with zero attached hydrogens (tertiary/aromatic N) is 1. The first-order valence-electron chi connectivity index (χ1n) is 8.07. The van der Waals surface area contributed by atoms with Gasteiger partial charge in [-0.25, -0.2) is 4.98 Å². The molecule has 1 aliphatic carbocycles. The Morgan fingerprint density at radius 1 is 1.36 bits per heavy atom. The number of hydrogen-bond acceptors (Lipinski definition) is 3. The monoisotopic (exact) mass is 300 g/mol. The number of fused-ring (bicyclic) bond motifs is 1. The normalized spacial score (nSPS) is 17.5. The molecule has 5 heteroatoms. The summed E-state index contributed by atoms with van der Waals surface area (Å²) in [4.78, 5) is 19.9. The Hall–Kier alpha value is -1.88. The number of imidazole rings is 1. The highest BCUT2D eigenvalue weighted by molar-refractivity contribution is 5.93. The number of aromatic nitrogens is 2. The number of aryl methyl sites for hydroxylation is 1. The second-order valence-electron chi connectivity index (χ2n) is 6.54. The Labute approximate surface area is 130 Å². The van der Waals surface area contributed by atoms with Crippen molar-refractivity contribution < 1.29 is 4.79 Å². The second kappa shape index (κ2) is 6.08. The summed E-state index contributed by atoms with van der Waals surface area (Å²) in [7, 11) is 0. The number of nitrogens with two attached hydrogens (primary N) is 1. The molecule has 1 heterocycles. The van der Waals surface area contributed by atoms with Gasteiger partial charge in [0.15, 0.2) is 0 Å². The van der Waals surface area contributed by atoms with E-state index < -0.39 is 0 Å². The smallest absolute Gasteiger partial charge is 0.224 e. The molecule has 22 heavy (non-hydrogen) atoms. The molecule has 1 fully saturated rings. The van der Waals surface area contributed by atoms with E-state index in [9.17, 15) is 4.79 Å². The van der Waals surface area contributed by atoms with Gasteiger partial charge in [0, 0.05) is 12.1 Å². The van der Waals surface area contributed by atoms with Crippen molar-refractivity contribution >= 4 is 22.6 Å². The van der Waals surface area contributed by atoms with Crippen LogP contribution in [0.2, 0.25) is 0 Å². The third-order valence-electron chi connectivity index (χ3n) is 4.77. The highest BCUT2D eigenvalue weighted by Crippen LogP contribution is 2.38. The van der Waals surface area contributed by atoms with Crippen molar-refractivity contribution in [2.24, 2.45) is 11.1 Å². The Morgan fingerprint density at radius 2 is 2.14 bits per heavy atom. The van der Waals surface area contributed by atoms with Gasteiger partial charge in [-0.1, -0.05) is 19.3 Å². The van der Waals surface area contributed by atoms with E-state index in [4.69, 9.17) is 5.73 Å². The number of benzene rings is 1. The minimum atomic E-state index is -0.00297. The topological polar surface area (TPSA) is 83.8 Å². The number of anilines is 1. The molecule has 0 unspecified atom stereocenters. The van der Waals surface area contributed by atoms with Crippen molar-refractivity contribution in [1.82, 2.24) is 9.97 Å². The van der Waals surface area contributed by atoms with Gasteiger partial charge in [-0.3, -0.25) is 4.79 Å². The summed E-state index contributed by atoms with van der Waals surface area (Å²) in [6.45, 7) is 2.52. The Morgan fingerprint density at radius 3 is 2.86 bits per heavy atom. The number of hydrogen-bond donors (Lipinski definition) is 3. The van der Waals surface area contributed by atoms with Crippen molar-refractivity contribution in [1.29, 1.82) is 0 Å². The van der Waals surface area contributed by atoms with Crippen molar-refractivity contribution in [3.05, 3.63) is 24.0 Å². The predicted molar refractivity (Wildman–Crippen MR) is 88.6 cm³/mol. The van der Waals surface area contributed by atoms with Crippen molar-refractivity contribution in [3.63, 3.8) is 0 Å². The number of rotatable bonds is 4. The lowest BCUT2D eigenvalue weighted by Crippen LogP contribution is -2.36. The zero-order chi connectivity index (χ0) is 15.6. The van der Waals surface area contributed by atoms with Gasteiger partial charge in [-0.15, -0.1) is 0 Å². The van der Waals surface area contributed by atoms with Crippen LogP contribution in [0.15, 0.2) is 18.2 Å². The van der Waals surface area contributed by atoms with Gasteiger partial charge in [0.1, 0.15) is 5.82 Å². The third-order valence-corrected chi connectivity index (χ3v) is 4.77. The van der Waals surface area contributed by atoms with Gasteiger partial charge in [0.25, 0.3) is 0 Å². The van der Waals surface area contributed by atoms with Crippen LogP contribution in [0.5, 0.6) is 0 Å². The van der Waals surface area contributed by atoms with E-state index in [1.165, 1.54) is 19.3 Å². The molecule has 1 aromatic carbocycles. The first-order valence-corrected chi connectivity index (χ1v) is 8.07. The fourth-order valence-electron chi connectivity index (χ4n) is 3.52. The molecule has 4 N–H and O–H groups in total. The summed E-state index contributed by atoms with van der Waals surface area (Å²) in [5, 5.41) is 3.01. The molecular formula is C17H24N4O. The summed E-state index contributed by atoms with van der Waals surface area (Å²) < 4.78 is 0. The van der Waals surface area contributed by atoms with Gasteiger partial charge >= 0.3 is 0 Å². The molecule has 1 aromatic heterocycles. The first kappa shape index (κ1) is 15.0. The number of H-pyrrole nitrogens is 1. The van der Waals surface area contributed by atoms with Crippen molar-refractivity contribution in [2.45, 2.75) is 45.4 Å². The van der Waals surface area contributed by atoms with Crippen LogP contribution in [-0.4, -0.2) is 22.4 Å². The Kier molecular flexibility index (Phi) is 4.16. The quantitative estimate of drug-likeness (QED) is 0.811. The maximum absolute atomic E-state index is 12.4. The minimum absolute atomic E-state index is 0.00297. The lowest BCUT2D eigenvalue weighted by atomic mass is 9.71. The molecule has 0 aliphatic heterocycles. The van der Waals surface area contributed by atoms with Crippen LogP contribution in [0.25, 0.3) is 11.0 Å².